The third-order valence-corrected chi connectivity index (χ3v) is 4.96. The lowest BCUT2D eigenvalue weighted by molar-refractivity contribution is -0.143. The summed E-state index contributed by atoms with van der Waals surface area (Å²) in [5, 5.41) is 3.41. The number of hydrogen-bond acceptors (Lipinski definition) is 5. The summed E-state index contributed by atoms with van der Waals surface area (Å²) in [7, 11) is 0. The molecule has 3 aliphatic rings. The van der Waals surface area contributed by atoms with Crippen molar-refractivity contribution in [1.82, 2.24) is 15.1 Å². The number of nitrogens with zero attached hydrogens (tertiary/aromatic N) is 2. The fourth-order valence-corrected chi connectivity index (χ4v) is 3.60. The van der Waals surface area contributed by atoms with Gasteiger partial charge in [0.05, 0.1) is 0 Å². The molecule has 0 bridgehead atoms. The molecule has 1 N–H and O–H groups in total. The van der Waals surface area contributed by atoms with Gasteiger partial charge >= 0.3 is 0 Å². The van der Waals surface area contributed by atoms with E-state index < -0.39 is 6.10 Å². The molecule has 6 nitrogen and oxygen atoms in total. The van der Waals surface area contributed by atoms with Crippen molar-refractivity contribution in [3.8, 4) is 11.5 Å². The highest BCUT2D eigenvalue weighted by atomic mass is 35.5. The van der Waals surface area contributed by atoms with Crippen molar-refractivity contribution in [2.45, 2.75) is 18.6 Å². The number of carbonyl (C=O) groups excluding carboxylic acids is 1. The van der Waals surface area contributed by atoms with Gasteiger partial charge in [0.25, 0.3) is 5.91 Å². The number of benzene rings is 1. The fraction of sp³-hybridized carbons (Fsp3) is 0.588. The van der Waals surface area contributed by atoms with Gasteiger partial charge < -0.3 is 19.7 Å². The lowest BCUT2D eigenvalue weighted by atomic mass is 10.1. The molecule has 0 radical (unpaired) electrons. The Morgan fingerprint density at radius 2 is 1.88 bits per heavy atom. The van der Waals surface area contributed by atoms with Crippen molar-refractivity contribution in [2.75, 3.05) is 45.9 Å². The topological polar surface area (TPSA) is 54.0 Å². The molecule has 3 aliphatic heterocycles. The van der Waals surface area contributed by atoms with Gasteiger partial charge in [-0.05, 0) is 25.1 Å². The minimum Gasteiger partial charge on any atom is -0.485 e. The zero-order valence-corrected chi connectivity index (χ0v) is 14.5. The Bertz CT molecular complexity index is 572. The van der Waals surface area contributed by atoms with Crippen molar-refractivity contribution in [3.63, 3.8) is 0 Å². The van der Waals surface area contributed by atoms with E-state index in [1.165, 1.54) is 6.42 Å². The van der Waals surface area contributed by atoms with Crippen LogP contribution < -0.4 is 14.8 Å². The van der Waals surface area contributed by atoms with Crippen LogP contribution in [0.5, 0.6) is 11.5 Å². The molecule has 0 spiro atoms. The standard InChI is InChI=1S/C17H23N3O3.ClH/c21-17(16-12-22-14-3-1-2-4-15(14)23-16)20-9-7-19(8-10-20)13-5-6-18-11-13;/h1-4,13,16,18H,5-12H2;1H. The van der Waals surface area contributed by atoms with Crippen molar-refractivity contribution < 1.29 is 14.3 Å². The molecule has 2 atom stereocenters. The van der Waals surface area contributed by atoms with Gasteiger partial charge in [-0.25, -0.2) is 0 Å². The number of rotatable bonds is 2. The number of fused-ring (bicyclic) bond motifs is 1. The Morgan fingerprint density at radius 3 is 2.58 bits per heavy atom. The molecule has 24 heavy (non-hydrogen) atoms. The van der Waals surface area contributed by atoms with E-state index in [2.05, 4.69) is 10.2 Å². The molecule has 7 heteroatoms. The van der Waals surface area contributed by atoms with Gasteiger partial charge in [0.15, 0.2) is 11.5 Å². The third-order valence-electron chi connectivity index (χ3n) is 4.96. The number of para-hydroxylation sites is 2. The Balaban J connectivity index is 0.00000169. The first kappa shape index (κ1) is 17.3. The molecule has 4 rings (SSSR count). The summed E-state index contributed by atoms with van der Waals surface area (Å²) in [5.74, 6) is 1.42. The molecule has 2 fully saturated rings. The first-order valence-corrected chi connectivity index (χ1v) is 8.43. The molecule has 0 saturated carbocycles. The van der Waals surface area contributed by atoms with Crippen LogP contribution in [0.4, 0.5) is 0 Å². The predicted molar refractivity (Wildman–Crippen MR) is 93.0 cm³/mol. The van der Waals surface area contributed by atoms with Crippen LogP contribution in [-0.2, 0) is 4.79 Å². The van der Waals surface area contributed by atoms with Crippen LogP contribution in [0.1, 0.15) is 6.42 Å². The summed E-state index contributed by atoms with van der Waals surface area (Å²) in [6.07, 6.45) is 0.689. The molecule has 3 heterocycles. The van der Waals surface area contributed by atoms with Crippen molar-refractivity contribution in [1.29, 1.82) is 0 Å². The highest BCUT2D eigenvalue weighted by Gasteiger charge is 2.34. The third kappa shape index (κ3) is 3.45. The maximum absolute atomic E-state index is 12.7. The highest BCUT2D eigenvalue weighted by molar-refractivity contribution is 5.85. The lowest BCUT2D eigenvalue weighted by Gasteiger charge is -2.39. The smallest absolute Gasteiger partial charge is 0.267 e. The number of ether oxygens (including phenoxy) is 2. The molecular formula is C17H24ClN3O3. The zero-order valence-electron chi connectivity index (χ0n) is 13.6. The summed E-state index contributed by atoms with van der Waals surface area (Å²) in [5.41, 5.74) is 0. The van der Waals surface area contributed by atoms with Crippen LogP contribution >= 0.6 is 12.4 Å². The summed E-state index contributed by atoms with van der Waals surface area (Å²) in [4.78, 5) is 17.1. The number of hydrogen-bond donors (Lipinski definition) is 1. The Morgan fingerprint density at radius 1 is 1.12 bits per heavy atom. The predicted octanol–water partition coefficient (Wildman–Crippen LogP) is 0.754. The molecule has 2 saturated heterocycles. The fourth-order valence-electron chi connectivity index (χ4n) is 3.60. The minimum atomic E-state index is -0.524. The number of carbonyl (C=O) groups is 1. The summed E-state index contributed by atoms with van der Waals surface area (Å²) in [6, 6.07) is 8.14. The van der Waals surface area contributed by atoms with E-state index in [4.69, 9.17) is 9.47 Å². The summed E-state index contributed by atoms with van der Waals surface area (Å²) < 4.78 is 11.5. The van der Waals surface area contributed by atoms with E-state index in [-0.39, 0.29) is 18.3 Å². The quantitative estimate of drug-likeness (QED) is 0.850. The normalized spacial score (nSPS) is 26.8. The van der Waals surface area contributed by atoms with Crippen molar-refractivity contribution in [2.24, 2.45) is 0 Å². The SMILES string of the molecule is Cl.O=C(C1COc2ccccc2O1)N1CCN(C2CCNC2)CC1. The van der Waals surface area contributed by atoms with Gasteiger partial charge in [-0.1, -0.05) is 12.1 Å². The van der Waals surface area contributed by atoms with E-state index in [9.17, 15) is 4.79 Å². The van der Waals surface area contributed by atoms with E-state index in [1.54, 1.807) is 0 Å². The van der Waals surface area contributed by atoms with Gasteiger partial charge in [-0.15, -0.1) is 12.4 Å². The van der Waals surface area contributed by atoms with Crippen LogP contribution in [0, 0.1) is 0 Å². The summed E-state index contributed by atoms with van der Waals surface area (Å²) in [6.45, 7) is 5.92. The average Bonchev–Trinajstić information content (AvgIpc) is 3.15. The van der Waals surface area contributed by atoms with Gasteiger partial charge in [-0.3, -0.25) is 9.69 Å². The average molecular weight is 354 g/mol. The number of piperazine rings is 1. The monoisotopic (exact) mass is 353 g/mol. The molecule has 132 valence electrons. The Kier molecular flexibility index (Phi) is 5.48. The lowest BCUT2D eigenvalue weighted by Crippen LogP contribution is -2.56. The molecule has 2 unspecified atom stereocenters. The van der Waals surface area contributed by atoms with E-state index >= 15 is 0 Å². The molecule has 0 aliphatic carbocycles. The number of nitrogens with one attached hydrogen (secondary N) is 1. The minimum absolute atomic E-state index is 0. The van der Waals surface area contributed by atoms with E-state index in [0.717, 1.165) is 45.0 Å². The second kappa shape index (κ2) is 7.59. The molecule has 1 amide bonds. The number of amides is 1. The second-order valence-corrected chi connectivity index (χ2v) is 6.37. The van der Waals surface area contributed by atoms with Gasteiger partial charge in [0.2, 0.25) is 6.10 Å². The van der Waals surface area contributed by atoms with E-state index in [1.807, 2.05) is 29.2 Å². The largest absolute Gasteiger partial charge is 0.485 e. The van der Waals surface area contributed by atoms with Crippen LogP contribution in [0.15, 0.2) is 24.3 Å². The molecule has 1 aromatic rings. The Labute approximate surface area is 148 Å². The highest BCUT2D eigenvalue weighted by Crippen LogP contribution is 2.31. The van der Waals surface area contributed by atoms with Crippen molar-refractivity contribution in [3.05, 3.63) is 24.3 Å². The Hall–Kier alpha value is -1.50. The van der Waals surface area contributed by atoms with Gasteiger partial charge in [0, 0.05) is 38.8 Å². The number of halogens is 1. The first-order chi connectivity index (χ1) is 11.3. The van der Waals surface area contributed by atoms with E-state index in [0.29, 0.717) is 18.4 Å². The first-order valence-electron chi connectivity index (χ1n) is 8.43. The zero-order chi connectivity index (χ0) is 15.6. The van der Waals surface area contributed by atoms with Crippen LogP contribution in [-0.4, -0.2) is 73.7 Å². The van der Waals surface area contributed by atoms with Crippen LogP contribution in [0.2, 0.25) is 0 Å². The van der Waals surface area contributed by atoms with Crippen molar-refractivity contribution >= 4 is 18.3 Å². The van der Waals surface area contributed by atoms with Crippen LogP contribution in [0.25, 0.3) is 0 Å². The second-order valence-electron chi connectivity index (χ2n) is 6.37. The van der Waals surface area contributed by atoms with Gasteiger partial charge in [0.1, 0.15) is 6.61 Å². The molecular weight excluding hydrogens is 330 g/mol. The summed E-state index contributed by atoms with van der Waals surface area (Å²) >= 11 is 0. The maximum atomic E-state index is 12.7. The maximum Gasteiger partial charge on any atom is 0.267 e. The van der Waals surface area contributed by atoms with Gasteiger partial charge in [-0.2, -0.15) is 0 Å². The molecule has 0 aromatic heterocycles. The molecule has 1 aromatic carbocycles. The van der Waals surface area contributed by atoms with Crippen LogP contribution in [0.3, 0.4) is 0 Å².